The number of anilines is 1. The number of ether oxygens (including phenoxy) is 2. The number of thiazole rings is 1. The Labute approximate surface area is 168 Å². The lowest BCUT2D eigenvalue weighted by Crippen LogP contribution is -2.44. The van der Waals surface area contributed by atoms with Crippen molar-refractivity contribution in [2.75, 3.05) is 38.1 Å². The van der Waals surface area contributed by atoms with Gasteiger partial charge in [0.05, 0.1) is 0 Å². The predicted molar refractivity (Wildman–Crippen MR) is 111 cm³/mol. The molecule has 1 atom stereocenters. The van der Waals surface area contributed by atoms with Crippen molar-refractivity contribution in [1.29, 1.82) is 0 Å². The molecule has 1 saturated heterocycles. The van der Waals surface area contributed by atoms with Crippen LogP contribution in [-0.4, -0.2) is 53.8 Å². The molecule has 6 nitrogen and oxygen atoms in total. The maximum absolute atomic E-state index is 6.10. The number of piperidine rings is 1. The molecule has 1 fully saturated rings. The molecule has 1 N–H and O–H groups in total. The highest BCUT2D eigenvalue weighted by molar-refractivity contribution is 7.21. The molecule has 5 rings (SSSR count). The Morgan fingerprint density at radius 3 is 2.82 bits per heavy atom. The molecule has 0 aliphatic carbocycles. The second kappa shape index (κ2) is 7.93. The first-order chi connectivity index (χ1) is 13.8. The Balaban J connectivity index is 1.08. The number of hydrogen-bond acceptors (Lipinski definition) is 7. The third kappa shape index (κ3) is 3.91. The van der Waals surface area contributed by atoms with Crippen molar-refractivity contribution < 1.29 is 9.47 Å². The van der Waals surface area contributed by atoms with Crippen LogP contribution < -0.4 is 14.8 Å². The van der Waals surface area contributed by atoms with Crippen LogP contribution in [0.5, 0.6) is 11.5 Å². The van der Waals surface area contributed by atoms with Crippen molar-refractivity contribution in [3.8, 4) is 11.5 Å². The molecule has 7 heteroatoms. The van der Waals surface area contributed by atoms with E-state index in [1.807, 2.05) is 42.6 Å². The number of nitrogens with one attached hydrogen (secondary N) is 1. The highest BCUT2D eigenvalue weighted by atomic mass is 32.1. The van der Waals surface area contributed by atoms with Crippen LogP contribution in [0, 0.1) is 5.92 Å². The summed E-state index contributed by atoms with van der Waals surface area (Å²) in [5, 5.41) is 4.49. The largest absolute Gasteiger partial charge is 0.486 e. The number of hydrogen-bond donors (Lipinski definition) is 1. The van der Waals surface area contributed by atoms with Gasteiger partial charge >= 0.3 is 0 Å². The van der Waals surface area contributed by atoms with Crippen LogP contribution in [0.1, 0.15) is 12.8 Å². The molecule has 0 unspecified atom stereocenters. The van der Waals surface area contributed by atoms with E-state index in [4.69, 9.17) is 9.47 Å². The van der Waals surface area contributed by atoms with Crippen LogP contribution in [0.25, 0.3) is 10.3 Å². The molecule has 2 aliphatic rings. The van der Waals surface area contributed by atoms with Gasteiger partial charge in [0.15, 0.2) is 16.6 Å². The maximum atomic E-state index is 6.10. The molecule has 1 aromatic carbocycles. The number of benzene rings is 1. The molecule has 0 radical (unpaired) electrons. The molecule has 28 heavy (non-hydrogen) atoms. The minimum Gasteiger partial charge on any atom is -0.486 e. The number of nitrogens with zero attached hydrogens (tertiary/aromatic N) is 3. The van der Waals surface area contributed by atoms with Crippen LogP contribution in [0.4, 0.5) is 5.13 Å². The molecular formula is C21H24N4O2S. The van der Waals surface area contributed by atoms with E-state index >= 15 is 0 Å². The number of aromatic nitrogens is 2. The lowest BCUT2D eigenvalue weighted by Gasteiger charge is -2.35. The summed E-state index contributed by atoms with van der Waals surface area (Å²) in [6, 6.07) is 11.9. The van der Waals surface area contributed by atoms with Crippen LogP contribution in [0.2, 0.25) is 0 Å². The van der Waals surface area contributed by atoms with E-state index in [-0.39, 0.29) is 6.10 Å². The van der Waals surface area contributed by atoms with Crippen molar-refractivity contribution in [2.24, 2.45) is 5.92 Å². The first kappa shape index (κ1) is 17.7. The van der Waals surface area contributed by atoms with E-state index in [9.17, 15) is 0 Å². The number of para-hydroxylation sites is 2. The molecule has 2 aliphatic heterocycles. The van der Waals surface area contributed by atoms with Crippen molar-refractivity contribution in [3.63, 3.8) is 0 Å². The van der Waals surface area contributed by atoms with E-state index in [2.05, 4.69) is 20.2 Å². The normalized spacial score (nSPS) is 20.4. The number of likely N-dealkylation sites (tertiary alicyclic amines) is 1. The van der Waals surface area contributed by atoms with Gasteiger partial charge in [-0.2, -0.15) is 0 Å². The Morgan fingerprint density at radius 2 is 1.96 bits per heavy atom. The van der Waals surface area contributed by atoms with Crippen LogP contribution in [0.15, 0.2) is 42.6 Å². The van der Waals surface area contributed by atoms with Gasteiger partial charge in [-0.25, -0.2) is 9.97 Å². The lowest BCUT2D eigenvalue weighted by molar-refractivity contribution is 0.0485. The second-order valence-electron chi connectivity index (χ2n) is 7.47. The number of pyridine rings is 1. The summed E-state index contributed by atoms with van der Waals surface area (Å²) < 4.78 is 11.9. The molecule has 3 aromatic rings. The third-order valence-electron chi connectivity index (χ3n) is 5.44. The molecule has 0 spiro atoms. The zero-order valence-corrected chi connectivity index (χ0v) is 16.5. The van der Waals surface area contributed by atoms with E-state index in [0.717, 1.165) is 53.2 Å². The molecule has 0 bridgehead atoms. The Kier molecular flexibility index (Phi) is 5.01. The lowest BCUT2D eigenvalue weighted by atomic mass is 9.96. The average Bonchev–Trinajstić information content (AvgIpc) is 3.16. The quantitative estimate of drug-likeness (QED) is 0.710. The van der Waals surface area contributed by atoms with Crippen molar-refractivity contribution in [3.05, 3.63) is 42.6 Å². The van der Waals surface area contributed by atoms with Gasteiger partial charge in [0, 0.05) is 19.3 Å². The minimum absolute atomic E-state index is 0.111. The Morgan fingerprint density at radius 1 is 1.11 bits per heavy atom. The SMILES string of the molecule is c1ccc2c(c1)OC[C@@H](CN1CCC(CNc3nc4cccnc4s3)CC1)O2. The summed E-state index contributed by atoms with van der Waals surface area (Å²) in [6.45, 7) is 4.75. The molecule has 4 heterocycles. The molecular weight excluding hydrogens is 372 g/mol. The monoisotopic (exact) mass is 396 g/mol. The standard InChI is InChI=1S/C21H24N4O2S/c1-2-6-19-18(5-1)26-14-16(27-19)13-25-10-7-15(8-11-25)12-23-21-24-17-4-3-9-22-20(17)28-21/h1-6,9,15-16H,7-8,10-14H2,(H,23,24)/t16-/m1/s1. The van der Waals surface area contributed by atoms with Gasteiger partial charge in [-0.15, -0.1) is 0 Å². The molecule has 0 amide bonds. The topological polar surface area (TPSA) is 59.5 Å². The fourth-order valence-electron chi connectivity index (χ4n) is 3.89. The highest BCUT2D eigenvalue weighted by Gasteiger charge is 2.26. The zero-order chi connectivity index (χ0) is 18.8. The van der Waals surface area contributed by atoms with E-state index < -0.39 is 0 Å². The summed E-state index contributed by atoms with van der Waals surface area (Å²) in [7, 11) is 0. The zero-order valence-electron chi connectivity index (χ0n) is 15.7. The maximum Gasteiger partial charge on any atom is 0.185 e. The molecule has 146 valence electrons. The number of rotatable bonds is 5. The van der Waals surface area contributed by atoms with Gasteiger partial charge in [0.25, 0.3) is 0 Å². The first-order valence-electron chi connectivity index (χ1n) is 9.90. The fourth-order valence-corrected chi connectivity index (χ4v) is 4.71. The average molecular weight is 397 g/mol. The molecule has 0 saturated carbocycles. The summed E-state index contributed by atoms with van der Waals surface area (Å²) in [4.78, 5) is 12.5. The van der Waals surface area contributed by atoms with Crippen LogP contribution in [0.3, 0.4) is 0 Å². The first-order valence-corrected chi connectivity index (χ1v) is 10.7. The summed E-state index contributed by atoms with van der Waals surface area (Å²) in [6.07, 6.45) is 4.32. The predicted octanol–water partition coefficient (Wildman–Crippen LogP) is 3.66. The Hall–Kier alpha value is -2.38. The van der Waals surface area contributed by atoms with Crippen molar-refractivity contribution in [2.45, 2.75) is 18.9 Å². The Bertz CT molecular complexity index is 906. The summed E-state index contributed by atoms with van der Waals surface area (Å²) in [5.74, 6) is 2.40. The van der Waals surface area contributed by atoms with E-state index in [1.165, 1.54) is 12.8 Å². The van der Waals surface area contributed by atoms with Crippen molar-refractivity contribution >= 4 is 26.8 Å². The van der Waals surface area contributed by atoms with Gasteiger partial charge in [-0.05, 0) is 56.1 Å². The number of fused-ring (bicyclic) bond motifs is 2. The molecule has 2 aromatic heterocycles. The van der Waals surface area contributed by atoms with E-state index in [0.29, 0.717) is 12.5 Å². The third-order valence-corrected chi connectivity index (χ3v) is 6.38. The van der Waals surface area contributed by atoms with Gasteiger partial charge in [0.2, 0.25) is 0 Å². The fraction of sp³-hybridized carbons (Fsp3) is 0.429. The minimum atomic E-state index is 0.111. The van der Waals surface area contributed by atoms with Gasteiger partial charge in [-0.3, -0.25) is 4.90 Å². The van der Waals surface area contributed by atoms with Gasteiger partial charge < -0.3 is 14.8 Å². The smallest absolute Gasteiger partial charge is 0.185 e. The van der Waals surface area contributed by atoms with Gasteiger partial charge in [-0.1, -0.05) is 23.5 Å². The highest BCUT2D eigenvalue weighted by Crippen LogP contribution is 2.31. The van der Waals surface area contributed by atoms with Crippen molar-refractivity contribution in [1.82, 2.24) is 14.9 Å². The van der Waals surface area contributed by atoms with Crippen LogP contribution in [-0.2, 0) is 0 Å². The van der Waals surface area contributed by atoms with E-state index in [1.54, 1.807) is 11.3 Å². The summed E-state index contributed by atoms with van der Waals surface area (Å²) in [5.41, 5.74) is 0.973. The summed E-state index contributed by atoms with van der Waals surface area (Å²) >= 11 is 1.63. The second-order valence-corrected chi connectivity index (χ2v) is 8.45. The van der Waals surface area contributed by atoms with Crippen LogP contribution >= 0.6 is 11.3 Å². The van der Waals surface area contributed by atoms with Gasteiger partial charge in [0.1, 0.15) is 23.1 Å².